The van der Waals surface area contributed by atoms with E-state index < -0.39 is 59.4 Å². The first-order chi connectivity index (χ1) is 15.0. The fraction of sp³-hybridized carbons (Fsp3) is 0.545. The van der Waals surface area contributed by atoms with Crippen LogP contribution in [-0.4, -0.2) is 49.7 Å². The molecular weight excluding hydrogens is 591 g/mol. The lowest BCUT2D eigenvalue weighted by atomic mass is 10.1. The number of quaternary nitrogens is 4. The second kappa shape index (κ2) is 13.2. The van der Waals surface area contributed by atoms with Crippen molar-refractivity contribution in [3.63, 3.8) is 0 Å². The summed E-state index contributed by atoms with van der Waals surface area (Å²) >= 11 is 4.29. The van der Waals surface area contributed by atoms with Gasteiger partial charge in [-0.15, -0.1) is 0 Å². The predicted molar refractivity (Wildman–Crippen MR) is 120 cm³/mol. The summed E-state index contributed by atoms with van der Waals surface area (Å²) in [7, 11) is -10.6. The molecule has 1 aliphatic rings. The Labute approximate surface area is 213 Å². The molecule has 0 bridgehead atoms. The number of phosphoric acid groups is 2. The summed E-state index contributed by atoms with van der Waals surface area (Å²) in [6.07, 6.45) is -4.93. The van der Waals surface area contributed by atoms with Gasteiger partial charge in [-0.3, -0.25) is 17.8 Å². The lowest BCUT2D eigenvalue weighted by Crippen LogP contribution is -2.46. The van der Waals surface area contributed by atoms with Crippen molar-refractivity contribution in [3.05, 3.63) is 6.33 Å². The fourth-order valence-electron chi connectivity index (χ4n) is 2.96. The number of nitrogens with zero attached hydrogens (tertiary/aromatic N) is 4. The van der Waals surface area contributed by atoms with Crippen molar-refractivity contribution >= 4 is 51.3 Å². The number of ether oxygens (including phenoxy) is 1. The Balaban J connectivity index is 0. The van der Waals surface area contributed by atoms with Gasteiger partial charge in [0.1, 0.15) is 25.0 Å². The molecule has 218 valence electrons. The van der Waals surface area contributed by atoms with Crippen LogP contribution >= 0.6 is 22.4 Å². The lowest BCUT2D eigenvalue weighted by molar-refractivity contribution is -0.745. The first-order valence-electron chi connectivity index (χ1n) is 8.43. The number of aromatic nitrogens is 4. The van der Waals surface area contributed by atoms with E-state index in [1.807, 2.05) is 0 Å². The maximum absolute atomic E-state index is 12.1. The highest BCUT2D eigenvalue weighted by atomic mass is 32.5. The predicted octanol–water partition coefficient (Wildman–Crippen LogP) is -4.03. The van der Waals surface area contributed by atoms with E-state index in [0.29, 0.717) is 0 Å². The van der Waals surface area contributed by atoms with Crippen LogP contribution in [0, 0.1) is 0 Å². The molecular formula is C11H30N9O13P3S. The van der Waals surface area contributed by atoms with Crippen molar-refractivity contribution < 1.29 is 66.5 Å². The van der Waals surface area contributed by atoms with Crippen molar-refractivity contribution in [2.75, 3.05) is 12.3 Å². The summed E-state index contributed by atoms with van der Waals surface area (Å²) in [4.78, 5) is 51.5. The third kappa shape index (κ3) is 8.86. The first kappa shape index (κ1) is 37.9. The van der Waals surface area contributed by atoms with Crippen LogP contribution in [0.25, 0.3) is 11.2 Å². The molecule has 1 fully saturated rings. The van der Waals surface area contributed by atoms with E-state index in [0.717, 1.165) is 4.57 Å². The van der Waals surface area contributed by atoms with Crippen molar-refractivity contribution in [1.29, 1.82) is 0 Å². The van der Waals surface area contributed by atoms with Crippen LogP contribution in [-0.2, 0) is 45.9 Å². The molecule has 2 unspecified atom stereocenters. The van der Waals surface area contributed by atoms with Gasteiger partial charge in [0.25, 0.3) is 13.8 Å². The minimum atomic E-state index is -6.07. The maximum Gasteiger partial charge on any atom is 0.309 e. The highest BCUT2D eigenvalue weighted by molar-refractivity contribution is 8.07. The van der Waals surface area contributed by atoms with Gasteiger partial charge in [-0.25, -0.2) is 9.55 Å². The highest BCUT2D eigenvalue weighted by Gasteiger charge is 2.47. The molecule has 3 rings (SSSR count). The average molecular weight is 621 g/mol. The fourth-order valence-corrected chi connectivity index (χ4v) is 6.74. The number of aliphatic hydroxyl groups is 2. The summed E-state index contributed by atoms with van der Waals surface area (Å²) in [6.45, 7) is -5.94. The molecule has 0 aliphatic carbocycles. The molecule has 0 aromatic carbocycles. The minimum Gasteiger partial charge on any atom is -0.856 e. The molecule has 0 radical (unpaired) electrons. The van der Waals surface area contributed by atoms with Crippen LogP contribution in [0.4, 0.5) is 5.95 Å². The van der Waals surface area contributed by atoms with Gasteiger partial charge in [0, 0.05) is 5.88 Å². The van der Waals surface area contributed by atoms with Crippen molar-refractivity contribution in [2.45, 2.75) is 24.5 Å². The summed E-state index contributed by atoms with van der Waals surface area (Å²) in [5, 5.41) is 32.7. The highest BCUT2D eigenvalue weighted by Crippen LogP contribution is 2.60. The van der Waals surface area contributed by atoms with Gasteiger partial charge in [0.2, 0.25) is 6.23 Å². The number of fused-ring (bicyclic) bond motifs is 1. The van der Waals surface area contributed by atoms with Crippen LogP contribution in [0.3, 0.4) is 0 Å². The lowest BCUT2D eigenvalue weighted by Gasteiger charge is -2.39. The normalized spacial score (nSPS) is 24.5. The first-order valence-corrected chi connectivity index (χ1v) is 13.9. The van der Waals surface area contributed by atoms with E-state index in [1.54, 1.807) is 0 Å². The molecule has 0 saturated carbocycles. The maximum atomic E-state index is 12.1. The number of hydrogen-bond acceptors (Lipinski definition) is 17. The quantitative estimate of drug-likeness (QED) is 0.109. The summed E-state index contributed by atoms with van der Waals surface area (Å²) in [6, 6.07) is 0. The van der Waals surface area contributed by atoms with Gasteiger partial charge >= 0.3 is 5.65 Å². The Morgan fingerprint density at radius 2 is 1.70 bits per heavy atom. The largest absolute Gasteiger partial charge is 0.856 e. The molecule has 0 amide bonds. The molecule has 2 aromatic rings. The van der Waals surface area contributed by atoms with Gasteiger partial charge in [-0.05, 0) is 0 Å². The number of hydrogen-bond donors (Lipinski definition) is 7. The van der Waals surface area contributed by atoms with Crippen LogP contribution in [0.1, 0.15) is 6.23 Å². The minimum absolute atomic E-state index is 0. The number of nitrogen functional groups attached to an aromatic ring is 1. The van der Waals surface area contributed by atoms with Crippen molar-refractivity contribution in [3.8, 4) is 5.88 Å². The molecule has 1 aliphatic heterocycles. The third-order valence-electron chi connectivity index (χ3n) is 4.15. The number of imidazole rings is 1. The summed E-state index contributed by atoms with van der Waals surface area (Å²) in [5.41, 5.74) is 5.44. The van der Waals surface area contributed by atoms with E-state index >= 15 is 0 Å². The smallest absolute Gasteiger partial charge is 0.309 e. The number of nitrogens with two attached hydrogens (primary N) is 1. The van der Waals surface area contributed by atoms with E-state index in [1.165, 1.54) is 17.9 Å². The van der Waals surface area contributed by atoms with Gasteiger partial charge in [-0.2, -0.15) is 0 Å². The second-order valence-corrected chi connectivity index (χ2v) is 12.1. The standard InChI is InChI=1S/C11H18N5O13P3S.4H3N/c1-15-3-16(8-5(15)9(19)14-11(12)13-8)10-7(18)6(17)4(27-10)2-26-32(25,33)29-31(23,24)28-30(20,21)22;;;;/h3-4,6-7,10,17-18H,2H2,1H3,(H6-,12,13,14,19,20,21,22,23,24,25,33);4*1H3/t4-,6-,7-,10-,32?;;;;/m1..../s1. The van der Waals surface area contributed by atoms with Gasteiger partial charge in [0.15, 0.2) is 11.8 Å². The number of anilines is 1. The molecule has 22 nitrogen and oxygen atoms in total. The number of aryl methyl sites for hydroxylation is 1. The van der Waals surface area contributed by atoms with Crippen molar-refractivity contribution in [1.82, 2.24) is 39.1 Å². The average Bonchev–Trinajstić information content (AvgIpc) is 3.07. The van der Waals surface area contributed by atoms with Crippen LogP contribution in [0.5, 0.6) is 5.88 Å². The van der Waals surface area contributed by atoms with Gasteiger partial charge in [-0.1, -0.05) is 16.8 Å². The van der Waals surface area contributed by atoms with Crippen LogP contribution in [0.2, 0.25) is 0 Å². The third-order valence-corrected chi connectivity index (χ3v) is 8.74. The summed E-state index contributed by atoms with van der Waals surface area (Å²) < 4.78 is 41.2. The summed E-state index contributed by atoms with van der Waals surface area (Å²) in [5.74, 6) is -1.09. The Kier molecular flexibility index (Phi) is 13.5. The monoisotopic (exact) mass is 621 g/mol. The van der Waals surface area contributed by atoms with Crippen LogP contribution in [0.15, 0.2) is 6.33 Å². The number of aliphatic hydroxyl groups excluding tert-OH is 2. The van der Waals surface area contributed by atoms with Gasteiger partial charge < -0.3 is 79.1 Å². The Morgan fingerprint density at radius 1 is 1.14 bits per heavy atom. The van der Waals surface area contributed by atoms with Gasteiger partial charge in [0.05, 0.1) is 21.5 Å². The molecule has 2 aromatic heterocycles. The topological polar surface area (TPSA) is 433 Å². The van der Waals surface area contributed by atoms with E-state index in [2.05, 4.69) is 34.9 Å². The zero-order valence-electron chi connectivity index (χ0n) is 20.1. The second-order valence-electron chi connectivity index (χ2n) is 6.54. The molecule has 1 saturated heterocycles. The van der Waals surface area contributed by atoms with E-state index in [-0.39, 0.29) is 41.7 Å². The Bertz CT molecular complexity index is 1210. The Morgan fingerprint density at radius 3 is 2.24 bits per heavy atom. The van der Waals surface area contributed by atoms with E-state index in [9.17, 15) is 44.0 Å². The molecule has 6 atom stereocenters. The zero-order valence-corrected chi connectivity index (χ0v) is 23.6. The number of rotatable bonds is 8. The molecule has 26 heteroatoms. The van der Waals surface area contributed by atoms with Crippen LogP contribution < -0.4 is 59.6 Å². The molecule has 20 N–H and O–H groups in total. The molecule has 0 spiro atoms. The Hall–Kier alpha value is -1.30. The molecule has 37 heavy (non-hydrogen) atoms. The SMILES string of the molecule is Cn1c[n+]([C@@H]2O[C@H](COP([O-])(=S)OP(=O)([O-])OP(=O)([O-])[O-])[C@@H](O)[C@H]2O)c2nc(N)nc([O-])c21.[NH4+].[NH4+].[NH4+].[NH4+]. The van der Waals surface area contributed by atoms with Crippen molar-refractivity contribution in [2.24, 2.45) is 7.05 Å². The molecule has 3 heterocycles. The van der Waals surface area contributed by atoms with E-state index in [4.69, 9.17) is 10.5 Å². The zero-order chi connectivity index (χ0) is 24.9.